The number of fused-ring (bicyclic) bond motifs is 9. The topological polar surface area (TPSA) is 29.5 Å². The van der Waals surface area contributed by atoms with Crippen molar-refractivity contribution in [2.24, 2.45) is 0 Å². The van der Waals surface area contributed by atoms with Crippen molar-refractivity contribution in [3.63, 3.8) is 0 Å². The summed E-state index contributed by atoms with van der Waals surface area (Å²) in [5.41, 5.74) is 8.80. The highest BCUT2D eigenvalue weighted by molar-refractivity contribution is 6.18. The molecule has 0 aliphatic rings. The van der Waals surface area contributed by atoms with E-state index in [0.29, 0.717) is 0 Å². The van der Waals surface area contributed by atoms with Crippen molar-refractivity contribution in [1.82, 2.24) is 0 Å². The van der Waals surface area contributed by atoms with E-state index in [4.69, 9.17) is 8.83 Å². The van der Waals surface area contributed by atoms with E-state index in [1.807, 2.05) is 12.1 Å². The summed E-state index contributed by atoms with van der Waals surface area (Å²) in [5.74, 6) is 0. The highest BCUT2D eigenvalue weighted by Gasteiger charge is 2.23. The number of furan rings is 2. The van der Waals surface area contributed by atoms with Crippen LogP contribution >= 0.6 is 0 Å². The fourth-order valence-corrected chi connectivity index (χ4v) is 7.19. The van der Waals surface area contributed by atoms with Crippen molar-refractivity contribution in [2.75, 3.05) is 4.90 Å². The minimum Gasteiger partial charge on any atom is -0.454 e. The van der Waals surface area contributed by atoms with Crippen LogP contribution in [0.25, 0.3) is 76.5 Å². The van der Waals surface area contributed by atoms with Gasteiger partial charge < -0.3 is 13.7 Å². The molecule has 0 fully saturated rings. The van der Waals surface area contributed by atoms with Gasteiger partial charge in [0.25, 0.3) is 0 Å². The van der Waals surface area contributed by atoms with Gasteiger partial charge in [-0.15, -0.1) is 0 Å². The molecule has 0 unspecified atom stereocenters. The number of anilines is 3. The van der Waals surface area contributed by atoms with Crippen LogP contribution in [0.1, 0.15) is 0 Å². The molecule has 47 heavy (non-hydrogen) atoms. The average Bonchev–Trinajstić information content (AvgIpc) is 3.72. The fourth-order valence-electron chi connectivity index (χ4n) is 7.19. The van der Waals surface area contributed by atoms with Crippen LogP contribution in [0.3, 0.4) is 0 Å². The molecule has 3 heteroatoms. The molecule has 0 amide bonds. The van der Waals surface area contributed by atoms with Gasteiger partial charge in [-0.25, -0.2) is 0 Å². The van der Waals surface area contributed by atoms with Crippen LogP contribution < -0.4 is 4.90 Å². The molecule has 2 heterocycles. The summed E-state index contributed by atoms with van der Waals surface area (Å²) < 4.78 is 13.5. The molecular formula is C44H27NO2. The summed E-state index contributed by atoms with van der Waals surface area (Å²) in [7, 11) is 0. The summed E-state index contributed by atoms with van der Waals surface area (Å²) in [4.78, 5) is 2.29. The molecule has 0 aliphatic heterocycles. The number of nitrogens with zero attached hydrogens (tertiary/aromatic N) is 1. The first-order valence-corrected chi connectivity index (χ1v) is 15.9. The number of hydrogen-bond acceptors (Lipinski definition) is 3. The SMILES string of the molecule is c1ccc(-c2ccc3cc(N(c4cccc5c4oc4ccccc45)c4cccc5c4oc4c6ccccc6ccc54)ccc3c2)cc1. The van der Waals surface area contributed by atoms with Crippen LogP contribution in [0.4, 0.5) is 17.1 Å². The molecule has 0 atom stereocenters. The third-order valence-electron chi connectivity index (χ3n) is 9.42. The van der Waals surface area contributed by atoms with Gasteiger partial charge in [-0.3, -0.25) is 0 Å². The molecule has 0 N–H and O–H groups in total. The van der Waals surface area contributed by atoms with Crippen molar-refractivity contribution >= 4 is 82.5 Å². The van der Waals surface area contributed by atoms with Crippen LogP contribution in [-0.2, 0) is 0 Å². The molecule has 10 aromatic rings. The van der Waals surface area contributed by atoms with Crippen LogP contribution in [-0.4, -0.2) is 0 Å². The summed E-state index contributed by atoms with van der Waals surface area (Å²) in [6.07, 6.45) is 0. The molecule has 2 aromatic heterocycles. The van der Waals surface area contributed by atoms with Crippen molar-refractivity contribution in [1.29, 1.82) is 0 Å². The van der Waals surface area contributed by atoms with Gasteiger partial charge in [0.1, 0.15) is 11.2 Å². The maximum atomic E-state index is 6.87. The van der Waals surface area contributed by atoms with Crippen LogP contribution in [0.2, 0.25) is 0 Å². The van der Waals surface area contributed by atoms with Gasteiger partial charge in [-0.1, -0.05) is 121 Å². The highest BCUT2D eigenvalue weighted by atomic mass is 16.3. The molecule has 10 rings (SSSR count). The summed E-state index contributed by atoms with van der Waals surface area (Å²) in [5, 5.41) is 8.99. The molecule has 220 valence electrons. The molecular weight excluding hydrogens is 574 g/mol. The molecule has 0 saturated heterocycles. The van der Waals surface area contributed by atoms with E-state index in [-0.39, 0.29) is 0 Å². The van der Waals surface area contributed by atoms with E-state index in [1.54, 1.807) is 0 Å². The van der Waals surface area contributed by atoms with Gasteiger partial charge in [-0.05, 0) is 69.8 Å². The van der Waals surface area contributed by atoms with Gasteiger partial charge in [0, 0.05) is 32.6 Å². The lowest BCUT2D eigenvalue weighted by molar-refractivity contribution is 0.667. The second-order valence-corrected chi connectivity index (χ2v) is 12.1. The molecule has 0 radical (unpaired) electrons. The smallest absolute Gasteiger partial charge is 0.159 e. The highest BCUT2D eigenvalue weighted by Crippen LogP contribution is 2.47. The van der Waals surface area contributed by atoms with Crippen molar-refractivity contribution in [2.45, 2.75) is 0 Å². The third kappa shape index (κ3) is 4.00. The van der Waals surface area contributed by atoms with Crippen LogP contribution in [0.15, 0.2) is 173 Å². The Bertz CT molecular complexity index is 2810. The molecule has 0 spiro atoms. The Morgan fingerprint density at radius 3 is 1.81 bits per heavy atom. The predicted octanol–water partition coefficient (Wildman–Crippen LogP) is 12.9. The van der Waals surface area contributed by atoms with Crippen LogP contribution in [0, 0.1) is 0 Å². The molecule has 0 saturated carbocycles. The van der Waals surface area contributed by atoms with Gasteiger partial charge in [0.05, 0.1) is 11.4 Å². The minimum absolute atomic E-state index is 0.839. The lowest BCUT2D eigenvalue weighted by Crippen LogP contribution is -2.10. The largest absolute Gasteiger partial charge is 0.454 e. The Labute approximate surface area is 270 Å². The summed E-state index contributed by atoms with van der Waals surface area (Å²) >= 11 is 0. The lowest BCUT2D eigenvalue weighted by Gasteiger charge is -2.26. The van der Waals surface area contributed by atoms with Crippen molar-refractivity contribution < 1.29 is 8.83 Å². The maximum Gasteiger partial charge on any atom is 0.159 e. The first kappa shape index (κ1) is 26.0. The maximum absolute atomic E-state index is 6.87. The summed E-state index contributed by atoms with van der Waals surface area (Å²) in [6.45, 7) is 0. The number of benzene rings is 8. The second kappa shape index (κ2) is 10.1. The van der Waals surface area contributed by atoms with E-state index in [0.717, 1.165) is 77.1 Å². The Hall–Kier alpha value is -6.32. The zero-order valence-corrected chi connectivity index (χ0v) is 25.4. The molecule has 3 nitrogen and oxygen atoms in total. The zero-order chi connectivity index (χ0) is 30.9. The Balaban J connectivity index is 1.25. The van der Waals surface area contributed by atoms with Gasteiger partial charge >= 0.3 is 0 Å². The Morgan fingerprint density at radius 1 is 0.340 bits per heavy atom. The Kier molecular flexibility index (Phi) is 5.57. The van der Waals surface area contributed by atoms with E-state index in [1.165, 1.54) is 16.5 Å². The molecule has 8 aromatic carbocycles. The molecule has 0 aliphatic carbocycles. The van der Waals surface area contributed by atoms with E-state index in [2.05, 4.69) is 157 Å². The van der Waals surface area contributed by atoms with Gasteiger partial charge in [0.15, 0.2) is 11.2 Å². The second-order valence-electron chi connectivity index (χ2n) is 12.1. The van der Waals surface area contributed by atoms with Crippen molar-refractivity contribution in [3.8, 4) is 11.1 Å². The third-order valence-corrected chi connectivity index (χ3v) is 9.42. The minimum atomic E-state index is 0.839. The van der Waals surface area contributed by atoms with Gasteiger partial charge in [-0.2, -0.15) is 0 Å². The quantitative estimate of drug-likeness (QED) is 0.201. The normalized spacial score (nSPS) is 11.8. The van der Waals surface area contributed by atoms with E-state index < -0.39 is 0 Å². The fraction of sp³-hybridized carbons (Fsp3) is 0. The standard InChI is InChI=1S/C44H27NO2/c1-2-10-28(11-3-1)30-20-21-32-27-33(24-22-31(32)26-30)45(39-17-8-15-36-35-14-6-7-19-41(35)46-43(36)39)40-18-9-16-37-38-25-23-29-12-4-5-13-34(29)42(38)47-44(37)40/h1-27H. The van der Waals surface area contributed by atoms with Crippen molar-refractivity contribution in [3.05, 3.63) is 164 Å². The predicted molar refractivity (Wildman–Crippen MR) is 196 cm³/mol. The van der Waals surface area contributed by atoms with Crippen LogP contribution in [0.5, 0.6) is 0 Å². The number of hydrogen-bond donors (Lipinski definition) is 0. The zero-order valence-electron chi connectivity index (χ0n) is 25.4. The molecule has 0 bridgehead atoms. The number of rotatable bonds is 4. The lowest BCUT2D eigenvalue weighted by atomic mass is 10.0. The number of para-hydroxylation sites is 3. The first-order chi connectivity index (χ1) is 23.3. The Morgan fingerprint density at radius 2 is 0.957 bits per heavy atom. The summed E-state index contributed by atoms with van der Waals surface area (Å²) in [6, 6.07) is 57.8. The monoisotopic (exact) mass is 601 g/mol. The average molecular weight is 602 g/mol. The van der Waals surface area contributed by atoms with E-state index >= 15 is 0 Å². The first-order valence-electron chi connectivity index (χ1n) is 15.9. The van der Waals surface area contributed by atoms with E-state index in [9.17, 15) is 0 Å². The van der Waals surface area contributed by atoms with Gasteiger partial charge in [0.2, 0.25) is 0 Å².